The predicted octanol–water partition coefficient (Wildman–Crippen LogP) is 6.14. The number of carboxylic acid groups (broad SMARTS) is 1. The molecule has 1 aliphatic carbocycles. The number of carbonyl (C=O) groups excluding carboxylic acids is 2. The van der Waals surface area contributed by atoms with Crippen LogP contribution in [0.1, 0.15) is 69.2 Å². The molecule has 2 aliphatic heterocycles. The van der Waals surface area contributed by atoms with Gasteiger partial charge in [-0.3, -0.25) is 9.69 Å². The van der Waals surface area contributed by atoms with Crippen LogP contribution in [0, 0.1) is 12.8 Å². The molecule has 284 valence electrons. The molecule has 3 unspecified atom stereocenters. The third kappa shape index (κ3) is 9.64. The Labute approximate surface area is 307 Å². The van der Waals surface area contributed by atoms with E-state index in [2.05, 4.69) is 6.92 Å². The zero-order valence-electron chi connectivity index (χ0n) is 31.7. The van der Waals surface area contributed by atoms with E-state index in [0.29, 0.717) is 45.2 Å². The Hall–Kier alpha value is -4.13. The second-order valence-corrected chi connectivity index (χ2v) is 15.2. The number of carbonyl (C=O) groups is 3. The van der Waals surface area contributed by atoms with Gasteiger partial charge < -0.3 is 38.6 Å². The van der Waals surface area contributed by atoms with Gasteiger partial charge in [0, 0.05) is 51.4 Å². The van der Waals surface area contributed by atoms with Crippen LogP contribution in [0.3, 0.4) is 0 Å². The van der Waals surface area contributed by atoms with Crippen molar-refractivity contribution in [2.75, 3.05) is 53.7 Å². The van der Waals surface area contributed by atoms with E-state index in [0.717, 1.165) is 46.4 Å². The molecule has 3 amide bonds. The number of piperazine rings is 1. The molecular weight excluding hydrogens is 666 g/mol. The minimum Gasteiger partial charge on any atom is -0.491 e. The van der Waals surface area contributed by atoms with Crippen LogP contribution in [0.5, 0.6) is 5.75 Å². The summed E-state index contributed by atoms with van der Waals surface area (Å²) in [5.74, 6) is 0.779. The van der Waals surface area contributed by atoms with E-state index in [1.165, 1.54) is 4.90 Å². The second-order valence-electron chi connectivity index (χ2n) is 15.2. The molecule has 0 spiro atoms. The minimum absolute atomic E-state index is 0.00816. The number of methoxy groups -OCH3 is 2. The van der Waals surface area contributed by atoms with Crippen molar-refractivity contribution < 1.29 is 43.2 Å². The van der Waals surface area contributed by atoms with E-state index in [9.17, 15) is 14.7 Å². The van der Waals surface area contributed by atoms with E-state index in [-0.39, 0.29) is 37.4 Å². The standard InChI is InChI=1S/C40H55N3O9/c1-26(23-49-7)24-50-25-28-11-13-29(14-12-28)33-19-32-21-41(39(47)52-40(3,4)5)22-34(43(32)38(45)46)36(33)37(44)42(31-15-16-31)20-30-9-8-10-35(27(30)2)51-18-17-48-6/h8-14,26,31-32,34H,15-25H2,1-7H3,(H,45,46). The van der Waals surface area contributed by atoms with E-state index >= 15 is 4.79 Å². The molecule has 2 bridgehead atoms. The molecule has 0 aromatic heterocycles. The Bertz CT molecular complexity index is 1600. The number of nitrogens with zero attached hydrogens (tertiary/aromatic N) is 3. The maximum absolute atomic E-state index is 15.1. The van der Waals surface area contributed by atoms with Gasteiger partial charge in [-0.2, -0.15) is 0 Å². The molecule has 2 heterocycles. The minimum atomic E-state index is -1.12. The van der Waals surface area contributed by atoms with Gasteiger partial charge in [-0.15, -0.1) is 0 Å². The Morgan fingerprint density at radius 1 is 0.981 bits per heavy atom. The number of benzene rings is 2. The molecule has 12 nitrogen and oxygen atoms in total. The molecule has 1 saturated carbocycles. The van der Waals surface area contributed by atoms with Crippen molar-refractivity contribution >= 4 is 23.7 Å². The quantitative estimate of drug-likeness (QED) is 0.216. The summed E-state index contributed by atoms with van der Waals surface area (Å²) in [4.78, 5) is 46.2. The molecule has 5 rings (SSSR count). The molecule has 1 saturated heterocycles. The summed E-state index contributed by atoms with van der Waals surface area (Å²) in [6, 6.07) is 12.4. The van der Waals surface area contributed by atoms with Crippen molar-refractivity contribution in [3.8, 4) is 5.75 Å². The number of amides is 3. The summed E-state index contributed by atoms with van der Waals surface area (Å²) in [6.07, 6.45) is 0.345. The van der Waals surface area contributed by atoms with Crippen molar-refractivity contribution in [3.05, 3.63) is 70.3 Å². The van der Waals surface area contributed by atoms with Crippen LogP contribution < -0.4 is 4.74 Å². The van der Waals surface area contributed by atoms with Crippen molar-refractivity contribution in [1.82, 2.24) is 14.7 Å². The Balaban J connectivity index is 1.52. The SMILES string of the molecule is COCCOc1cccc(CN(C(=O)C2=C(c3ccc(COCC(C)COC)cc3)CC3CN(C(=O)OC(C)(C)C)CC2N3C(=O)O)C2CC2)c1C. The van der Waals surface area contributed by atoms with Crippen molar-refractivity contribution in [2.24, 2.45) is 5.92 Å². The average molecular weight is 722 g/mol. The number of fused-ring (bicyclic) bond motifs is 2. The molecule has 52 heavy (non-hydrogen) atoms. The highest BCUT2D eigenvalue weighted by molar-refractivity contribution is 6.04. The zero-order chi connectivity index (χ0) is 37.6. The van der Waals surface area contributed by atoms with Gasteiger partial charge in [0.2, 0.25) is 0 Å². The summed E-state index contributed by atoms with van der Waals surface area (Å²) in [7, 11) is 3.30. The topological polar surface area (TPSA) is 127 Å². The first kappa shape index (κ1) is 39.1. The third-order valence-corrected chi connectivity index (χ3v) is 9.71. The van der Waals surface area contributed by atoms with Crippen LogP contribution in [0.25, 0.3) is 5.57 Å². The van der Waals surface area contributed by atoms with E-state index < -0.39 is 29.9 Å². The lowest BCUT2D eigenvalue weighted by atomic mass is 9.81. The Morgan fingerprint density at radius 3 is 2.35 bits per heavy atom. The van der Waals surface area contributed by atoms with Gasteiger partial charge in [-0.25, -0.2) is 9.59 Å². The van der Waals surface area contributed by atoms with Crippen molar-refractivity contribution in [3.63, 3.8) is 0 Å². The lowest BCUT2D eigenvalue weighted by Gasteiger charge is -2.50. The first-order valence-corrected chi connectivity index (χ1v) is 18.2. The molecule has 2 aromatic rings. The average Bonchev–Trinajstić information content (AvgIpc) is 3.93. The highest BCUT2D eigenvalue weighted by Crippen LogP contribution is 2.42. The fraction of sp³-hybridized carbons (Fsp3) is 0.575. The summed E-state index contributed by atoms with van der Waals surface area (Å²) in [5, 5.41) is 10.6. The monoisotopic (exact) mass is 721 g/mol. The first-order chi connectivity index (χ1) is 24.8. The van der Waals surface area contributed by atoms with Crippen LogP contribution in [0.15, 0.2) is 48.0 Å². The van der Waals surface area contributed by atoms with Gasteiger partial charge in [0.1, 0.15) is 18.0 Å². The molecule has 12 heteroatoms. The van der Waals surface area contributed by atoms with Crippen molar-refractivity contribution in [1.29, 1.82) is 0 Å². The zero-order valence-corrected chi connectivity index (χ0v) is 31.7. The van der Waals surface area contributed by atoms with Gasteiger partial charge in [0.25, 0.3) is 5.91 Å². The van der Waals surface area contributed by atoms with Gasteiger partial charge in [-0.05, 0) is 80.9 Å². The number of ether oxygens (including phenoxy) is 5. The summed E-state index contributed by atoms with van der Waals surface area (Å²) in [6.45, 7) is 12.5. The Kier molecular flexibility index (Phi) is 12.9. The van der Waals surface area contributed by atoms with Crippen LogP contribution in [-0.2, 0) is 36.9 Å². The van der Waals surface area contributed by atoms with Gasteiger partial charge in [0.15, 0.2) is 0 Å². The predicted molar refractivity (Wildman–Crippen MR) is 196 cm³/mol. The van der Waals surface area contributed by atoms with Gasteiger partial charge in [0.05, 0.1) is 38.5 Å². The fourth-order valence-electron chi connectivity index (χ4n) is 7.04. The van der Waals surface area contributed by atoms with Gasteiger partial charge in [-0.1, -0.05) is 43.3 Å². The maximum atomic E-state index is 15.1. The molecule has 2 fully saturated rings. The molecule has 3 atom stereocenters. The first-order valence-electron chi connectivity index (χ1n) is 18.2. The third-order valence-electron chi connectivity index (χ3n) is 9.71. The normalized spacial score (nSPS) is 19.4. The van der Waals surface area contributed by atoms with Crippen molar-refractivity contribution in [2.45, 2.75) is 90.8 Å². The highest BCUT2D eigenvalue weighted by atomic mass is 16.6. The number of hydrogen-bond donors (Lipinski definition) is 1. The summed E-state index contributed by atoms with van der Waals surface area (Å²) >= 11 is 0. The molecule has 3 aliphatic rings. The Morgan fingerprint density at radius 2 is 1.71 bits per heavy atom. The van der Waals surface area contributed by atoms with E-state index in [1.807, 2.05) is 54.3 Å². The number of rotatable bonds is 15. The van der Waals surface area contributed by atoms with Crippen LogP contribution in [0.2, 0.25) is 0 Å². The van der Waals surface area contributed by atoms with E-state index in [4.69, 9.17) is 23.7 Å². The fourth-order valence-corrected chi connectivity index (χ4v) is 7.04. The lowest BCUT2D eigenvalue weighted by molar-refractivity contribution is -0.129. The van der Waals surface area contributed by atoms with Gasteiger partial charge >= 0.3 is 12.2 Å². The summed E-state index contributed by atoms with van der Waals surface area (Å²) in [5.41, 5.74) is 4.21. The molecule has 1 N–H and O–H groups in total. The number of hydrogen-bond acceptors (Lipinski definition) is 8. The second kappa shape index (κ2) is 17.1. The summed E-state index contributed by atoms with van der Waals surface area (Å²) < 4.78 is 28.0. The molecule has 2 aromatic carbocycles. The highest BCUT2D eigenvalue weighted by Gasteiger charge is 2.50. The maximum Gasteiger partial charge on any atom is 0.410 e. The van der Waals surface area contributed by atoms with E-state index in [1.54, 1.807) is 39.9 Å². The van der Waals surface area contributed by atoms with Crippen LogP contribution in [0.4, 0.5) is 9.59 Å². The smallest absolute Gasteiger partial charge is 0.410 e. The largest absolute Gasteiger partial charge is 0.491 e. The molecular formula is C40H55N3O9. The van der Waals surface area contributed by atoms with Crippen LogP contribution >= 0.6 is 0 Å². The van der Waals surface area contributed by atoms with Crippen LogP contribution in [-0.4, -0.2) is 115 Å². The lowest BCUT2D eigenvalue weighted by Crippen LogP contribution is -2.65. The molecule has 0 radical (unpaired) electrons.